The highest BCUT2D eigenvalue weighted by molar-refractivity contribution is 6.19. The van der Waals surface area contributed by atoms with Crippen LogP contribution >= 0.6 is 0 Å². The van der Waals surface area contributed by atoms with E-state index in [1.807, 2.05) is 18.2 Å². The SMILES string of the molecule is N#CC(C#N)=c1nc2cc3ccc4ccc5oc(=C(C#N)C#N)nc5c4c3cc2o1. The maximum Gasteiger partial charge on any atom is 0.249 e. The first-order chi connectivity index (χ1) is 14.7. The molecule has 0 bridgehead atoms. The Bertz CT molecular complexity index is 1810. The fraction of sp³-hybridized carbons (Fsp3) is 0. The fourth-order valence-electron chi connectivity index (χ4n) is 3.41. The number of hydrogen-bond donors (Lipinski definition) is 0. The fourth-order valence-corrected chi connectivity index (χ4v) is 3.41. The van der Waals surface area contributed by atoms with Gasteiger partial charge in [-0.05, 0) is 34.4 Å². The van der Waals surface area contributed by atoms with E-state index in [0.29, 0.717) is 22.2 Å². The predicted octanol–water partition coefficient (Wildman–Crippen LogP) is 2.67. The average molecular weight is 386 g/mol. The van der Waals surface area contributed by atoms with Gasteiger partial charge in [-0.1, -0.05) is 18.2 Å². The van der Waals surface area contributed by atoms with Gasteiger partial charge in [0.05, 0.1) is 0 Å². The minimum atomic E-state index is -0.210. The van der Waals surface area contributed by atoms with Crippen molar-refractivity contribution in [2.24, 2.45) is 0 Å². The molecule has 136 valence electrons. The first-order valence-corrected chi connectivity index (χ1v) is 8.58. The van der Waals surface area contributed by atoms with E-state index in [-0.39, 0.29) is 22.2 Å². The maximum absolute atomic E-state index is 9.12. The summed E-state index contributed by atoms with van der Waals surface area (Å²) in [6.07, 6.45) is 0. The van der Waals surface area contributed by atoms with E-state index in [1.54, 1.807) is 42.5 Å². The van der Waals surface area contributed by atoms with E-state index in [2.05, 4.69) is 9.97 Å². The molecule has 0 atom stereocenters. The van der Waals surface area contributed by atoms with Gasteiger partial charge < -0.3 is 8.83 Å². The molecule has 0 unspecified atom stereocenters. The standard InChI is InChI=1S/C22H6N6O2/c23-7-13(8-24)21-27-16-5-12-2-1-11-3-4-17-20(19(11)15(12)6-18(16)30-21)28-22(29-17)14(9-25)10-26/h1-6H. The molecule has 0 aliphatic carbocycles. The highest BCUT2D eigenvalue weighted by Gasteiger charge is 2.14. The van der Waals surface area contributed by atoms with Crippen LogP contribution in [-0.2, 0) is 0 Å². The monoisotopic (exact) mass is 386 g/mol. The number of hydrogen-bond acceptors (Lipinski definition) is 8. The van der Waals surface area contributed by atoms with E-state index in [9.17, 15) is 0 Å². The van der Waals surface area contributed by atoms with Crippen LogP contribution in [0.25, 0.3) is 54.9 Å². The Balaban J connectivity index is 1.97. The second-order valence-corrected chi connectivity index (χ2v) is 6.35. The molecule has 0 radical (unpaired) electrons. The van der Waals surface area contributed by atoms with Crippen LogP contribution in [-0.4, -0.2) is 9.97 Å². The van der Waals surface area contributed by atoms with Crippen molar-refractivity contribution in [1.82, 2.24) is 9.97 Å². The Morgan fingerprint density at radius 1 is 0.700 bits per heavy atom. The molecule has 5 rings (SSSR count). The normalized spacial score (nSPS) is 10.5. The predicted molar refractivity (Wildman–Crippen MR) is 105 cm³/mol. The van der Waals surface area contributed by atoms with E-state index < -0.39 is 0 Å². The molecular weight excluding hydrogens is 380 g/mol. The smallest absolute Gasteiger partial charge is 0.249 e. The third kappa shape index (κ3) is 2.29. The number of benzene rings is 3. The Hall–Kier alpha value is -5.18. The van der Waals surface area contributed by atoms with Gasteiger partial charge in [-0.25, -0.2) is 9.97 Å². The van der Waals surface area contributed by atoms with Gasteiger partial charge >= 0.3 is 0 Å². The maximum atomic E-state index is 9.12. The van der Waals surface area contributed by atoms with Crippen molar-refractivity contribution in [2.45, 2.75) is 0 Å². The lowest BCUT2D eigenvalue weighted by atomic mass is 10.0. The van der Waals surface area contributed by atoms with Crippen LogP contribution < -0.4 is 11.1 Å². The second-order valence-electron chi connectivity index (χ2n) is 6.35. The van der Waals surface area contributed by atoms with Gasteiger partial charge in [0.15, 0.2) is 22.3 Å². The Morgan fingerprint density at radius 3 is 2.00 bits per heavy atom. The number of nitriles is 4. The van der Waals surface area contributed by atoms with Crippen LogP contribution in [0.15, 0.2) is 45.2 Å². The molecule has 8 nitrogen and oxygen atoms in total. The molecule has 0 aliphatic rings. The van der Waals surface area contributed by atoms with Gasteiger partial charge in [-0.15, -0.1) is 0 Å². The van der Waals surface area contributed by atoms with Crippen molar-refractivity contribution in [3.63, 3.8) is 0 Å². The third-order valence-electron chi connectivity index (χ3n) is 4.74. The second kappa shape index (κ2) is 6.17. The van der Waals surface area contributed by atoms with Crippen molar-refractivity contribution in [2.75, 3.05) is 0 Å². The quantitative estimate of drug-likeness (QED) is 0.369. The molecule has 0 saturated heterocycles. The zero-order chi connectivity index (χ0) is 20.8. The van der Waals surface area contributed by atoms with Gasteiger partial charge in [0, 0.05) is 5.39 Å². The number of fused-ring (bicyclic) bond motifs is 6. The molecule has 2 heterocycles. The lowest BCUT2D eigenvalue weighted by Crippen LogP contribution is -2.03. The number of oxazole rings is 2. The molecule has 8 heteroatoms. The Labute approximate surface area is 167 Å². The summed E-state index contributed by atoms with van der Waals surface area (Å²) in [5.74, 6) is 0. The summed E-state index contributed by atoms with van der Waals surface area (Å²) in [5.41, 5.74) is 1.38. The van der Waals surface area contributed by atoms with Crippen LogP contribution in [0, 0.1) is 45.3 Å². The lowest BCUT2D eigenvalue weighted by Gasteiger charge is -2.04. The zero-order valence-electron chi connectivity index (χ0n) is 15.0. The molecule has 2 aromatic heterocycles. The van der Waals surface area contributed by atoms with Crippen molar-refractivity contribution in [3.8, 4) is 24.3 Å². The molecule has 0 fully saturated rings. The highest BCUT2D eigenvalue weighted by atomic mass is 16.3. The minimum absolute atomic E-state index is 0.0363. The number of nitrogens with zero attached hydrogens (tertiary/aromatic N) is 6. The Kier molecular flexibility index (Phi) is 3.49. The highest BCUT2D eigenvalue weighted by Crippen LogP contribution is 2.32. The van der Waals surface area contributed by atoms with Gasteiger partial charge in [-0.3, -0.25) is 0 Å². The molecule has 0 amide bonds. The van der Waals surface area contributed by atoms with E-state index >= 15 is 0 Å². The van der Waals surface area contributed by atoms with Crippen LogP contribution in [0.4, 0.5) is 0 Å². The summed E-state index contributed by atoms with van der Waals surface area (Å²) in [6, 6.07) is 18.1. The van der Waals surface area contributed by atoms with Gasteiger partial charge in [-0.2, -0.15) is 21.0 Å². The van der Waals surface area contributed by atoms with Gasteiger partial charge in [0.25, 0.3) is 0 Å². The van der Waals surface area contributed by atoms with E-state index in [4.69, 9.17) is 29.9 Å². The number of aromatic nitrogens is 2. The molecule has 30 heavy (non-hydrogen) atoms. The topological polar surface area (TPSA) is 147 Å². The van der Waals surface area contributed by atoms with Crippen molar-refractivity contribution in [1.29, 1.82) is 21.0 Å². The number of rotatable bonds is 0. The van der Waals surface area contributed by atoms with Crippen molar-refractivity contribution < 1.29 is 8.83 Å². The van der Waals surface area contributed by atoms with Crippen LogP contribution in [0.2, 0.25) is 0 Å². The largest absolute Gasteiger partial charge is 0.435 e. The summed E-state index contributed by atoms with van der Waals surface area (Å²) < 4.78 is 11.2. The molecular formula is C22H6N6O2. The summed E-state index contributed by atoms with van der Waals surface area (Å²) in [4.78, 5) is 8.63. The van der Waals surface area contributed by atoms with Crippen LogP contribution in [0.5, 0.6) is 0 Å². The first kappa shape index (κ1) is 17.0. The summed E-state index contributed by atoms with van der Waals surface area (Å²) in [5, 5.41) is 39.6. The Morgan fingerprint density at radius 2 is 1.30 bits per heavy atom. The van der Waals surface area contributed by atoms with E-state index in [0.717, 1.165) is 21.5 Å². The summed E-state index contributed by atoms with van der Waals surface area (Å²) in [7, 11) is 0. The molecule has 0 N–H and O–H groups in total. The van der Waals surface area contributed by atoms with Crippen molar-refractivity contribution in [3.05, 3.63) is 47.5 Å². The van der Waals surface area contributed by atoms with Crippen LogP contribution in [0.3, 0.4) is 0 Å². The van der Waals surface area contributed by atoms with Crippen molar-refractivity contribution >= 4 is 54.9 Å². The summed E-state index contributed by atoms with van der Waals surface area (Å²) in [6.45, 7) is 0. The molecule has 0 spiro atoms. The molecule has 5 aromatic rings. The van der Waals surface area contributed by atoms with Crippen LogP contribution in [0.1, 0.15) is 0 Å². The van der Waals surface area contributed by atoms with E-state index in [1.165, 1.54) is 0 Å². The lowest BCUT2D eigenvalue weighted by molar-refractivity contribution is 0.559. The average Bonchev–Trinajstić information content (AvgIpc) is 3.37. The third-order valence-corrected chi connectivity index (χ3v) is 4.74. The van der Waals surface area contributed by atoms with Gasteiger partial charge in [0.1, 0.15) is 35.3 Å². The molecule has 3 aromatic carbocycles. The first-order valence-electron chi connectivity index (χ1n) is 8.58. The molecule has 0 saturated carbocycles. The summed E-state index contributed by atoms with van der Waals surface area (Å²) >= 11 is 0. The van der Waals surface area contributed by atoms with Gasteiger partial charge in [0.2, 0.25) is 11.1 Å². The minimum Gasteiger partial charge on any atom is -0.435 e. The molecule has 0 aliphatic heterocycles. The zero-order valence-corrected chi connectivity index (χ0v) is 15.0.